The number of hydrogen-bond donors (Lipinski definition) is 1. The normalized spacial score (nSPS) is 10.5. The summed E-state index contributed by atoms with van der Waals surface area (Å²) in [4.78, 5) is 4.44. The number of nitriles is 1. The molecule has 2 N–H and O–H groups in total. The minimum atomic E-state index is 0.555. The Morgan fingerprint density at radius 1 is 1.19 bits per heavy atom. The van der Waals surface area contributed by atoms with Crippen molar-refractivity contribution in [2.24, 2.45) is 0 Å². The van der Waals surface area contributed by atoms with Gasteiger partial charge >= 0.3 is 0 Å². The van der Waals surface area contributed by atoms with Crippen LogP contribution in [0.25, 0.3) is 10.2 Å². The molecule has 0 spiro atoms. The molecule has 0 saturated heterocycles. The second-order valence-corrected chi connectivity index (χ2v) is 6.02. The lowest BCUT2D eigenvalue weighted by atomic mass is 10.1. The Balaban J connectivity index is 2.05. The number of hydrogen-bond acceptors (Lipinski definition) is 5. The average molecular weight is 295 g/mol. The average Bonchev–Trinajstić information content (AvgIpc) is 2.80. The Hall–Kier alpha value is -2.58. The van der Waals surface area contributed by atoms with Crippen LogP contribution >= 0.6 is 11.3 Å². The minimum absolute atomic E-state index is 0.555. The Morgan fingerprint density at radius 2 is 2.00 bits per heavy atom. The van der Waals surface area contributed by atoms with Gasteiger partial charge < -0.3 is 10.5 Å². The van der Waals surface area contributed by atoms with Crippen molar-refractivity contribution in [1.29, 1.82) is 5.26 Å². The Morgan fingerprint density at radius 3 is 2.76 bits per heavy atom. The van der Waals surface area contributed by atoms with Crippen LogP contribution < -0.4 is 10.5 Å². The van der Waals surface area contributed by atoms with Gasteiger partial charge in [-0.05, 0) is 37.6 Å². The zero-order valence-electron chi connectivity index (χ0n) is 11.7. The van der Waals surface area contributed by atoms with Crippen molar-refractivity contribution in [2.75, 3.05) is 5.73 Å². The number of benzene rings is 2. The molecular weight excluding hydrogens is 282 g/mol. The molecule has 1 aromatic heterocycles. The summed E-state index contributed by atoms with van der Waals surface area (Å²) in [6, 6.07) is 11.2. The predicted octanol–water partition coefficient (Wildman–Crippen LogP) is 4.16. The van der Waals surface area contributed by atoms with Crippen molar-refractivity contribution in [2.45, 2.75) is 13.8 Å². The van der Waals surface area contributed by atoms with E-state index in [1.54, 1.807) is 23.5 Å². The van der Waals surface area contributed by atoms with Gasteiger partial charge in [-0.3, -0.25) is 0 Å². The van der Waals surface area contributed by atoms with Gasteiger partial charge in [0.25, 0.3) is 0 Å². The zero-order valence-corrected chi connectivity index (χ0v) is 12.5. The molecule has 21 heavy (non-hydrogen) atoms. The molecule has 0 radical (unpaired) electrons. The third kappa shape index (κ3) is 2.54. The third-order valence-electron chi connectivity index (χ3n) is 3.16. The molecule has 3 rings (SSSR count). The number of nitrogen functional groups attached to an aromatic ring is 1. The highest BCUT2D eigenvalue weighted by Crippen LogP contribution is 2.35. The number of anilines is 1. The molecule has 0 bridgehead atoms. The van der Waals surface area contributed by atoms with Crippen LogP contribution in [-0.2, 0) is 0 Å². The van der Waals surface area contributed by atoms with Crippen LogP contribution in [0.4, 0.5) is 5.69 Å². The van der Waals surface area contributed by atoms with Crippen LogP contribution in [0.5, 0.6) is 11.5 Å². The quantitative estimate of drug-likeness (QED) is 0.720. The number of rotatable bonds is 2. The highest BCUT2D eigenvalue weighted by molar-refractivity contribution is 7.18. The molecular formula is C16H13N3OS. The van der Waals surface area contributed by atoms with Crippen molar-refractivity contribution in [3.8, 4) is 17.6 Å². The van der Waals surface area contributed by atoms with E-state index in [1.807, 2.05) is 32.0 Å². The third-order valence-corrected chi connectivity index (χ3v) is 4.10. The summed E-state index contributed by atoms with van der Waals surface area (Å²) in [6.45, 7) is 3.89. The number of aryl methyl sites for hydroxylation is 2. The number of fused-ring (bicyclic) bond motifs is 1. The van der Waals surface area contributed by atoms with Crippen LogP contribution in [0.15, 0.2) is 30.3 Å². The number of thiazole rings is 1. The van der Waals surface area contributed by atoms with Gasteiger partial charge in [-0.15, -0.1) is 11.3 Å². The molecule has 1 heterocycles. The predicted molar refractivity (Wildman–Crippen MR) is 84.7 cm³/mol. The summed E-state index contributed by atoms with van der Waals surface area (Å²) in [7, 11) is 0. The van der Waals surface area contributed by atoms with Gasteiger partial charge in [-0.2, -0.15) is 5.26 Å². The smallest absolute Gasteiger partial charge is 0.152 e. The molecule has 0 atom stereocenters. The topological polar surface area (TPSA) is 71.9 Å². The number of nitrogens with zero attached hydrogens (tertiary/aromatic N) is 2. The standard InChI is InChI=1S/C16H13N3OS/c1-9-3-4-11(8-17)5-14(9)20-15-7-13-16(6-12(15)18)21-10(2)19-13/h3-7H,18H2,1-2H3. The van der Waals surface area contributed by atoms with Crippen molar-refractivity contribution < 1.29 is 4.74 Å². The fourth-order valence-corrected chi connectivity index (χ4v) is 2.93. The molecule has 104 valence electrons. The maximum Gasteiger partial charge on any atom is 0.152 e. The van der Waals surface area contributed by atoms with Gasteiger partial charge in [0, 0.05) is 6.07 Å². The zero-order chi connectivity index (χ0) is 15.0. The molecule has 0 unspecified atom stereocenters. The summed E-state index contributed by atoms with van der Waals surface area (Å²) in [5.74, 6) is 1.19. The molecule has 3 aromatic rings. The Bertz CT molecular complexity index is 877. The molecule has 0 amide bonds. The van der Waals surface area contributed by atoms with E-state index in [0.29, 0.717) is 22.7 Å². The lowest BCUT2D eigenvalue weighted by molar-refractivity contribution is 0.482. The van der Waals surface area contributed by atoms with E-state index in [2.05, 4.69) is 11.1 Å². The minimum Gasteiger partial charge on any atom is -0.455 e. The first-order valence-corrected chi connectivity index (χ1v) is 7.24. The van der Waals surface area contributed by atoms with Crippen molar-refractivity contribution in [3.05, 3.63) is 46.5 Å². The lowest BCUT2D eigenvalue weighted by Gasteiger charge is -2.11. The van der Waals surface area contributed by atoms with Crippen LogP contribution in [-0.4, -0.2) is 4.98 Å². The maximum atomic E-state index is 8.98. The maximum absolute atomic E-state index is 8.98. The van der Waals surface area contributed by atoms with E-state index in [1.165, 1.54) is 0 Å². The number of aromatic nitrogens is 1. The second kappa shape index (κ2) is 5.08. The summed E-state index contributed by atoms with van der Waals surface area (Å²) in [5.41, 5.74) is 8.99. The molecule has 5 heteroatoms. The molecule has 0 saturated carbocycles. The molecule has 4 nitrogen and oxygen atoms in total. The van der Waals surface area contributed by atoms with E-state index >= 15 is 0 Å². The van der Waals surface area contributed by atoms with Crippen LogP contribution in [0.1, 0.15) is 16.1 Å². The van der Waals surface area contributed by atoms with Crippen LogP contribution in [0, 0.1) is 25.2 Å². The molecule has 2 aromatic carbocycles. The summed E-state index contributed by atoms with van der Waals surface area (Å²) < 4.78 is 6.93. The van der Waals surface area contributed by atoms with E-state index in [9.17, 15) is 0 Å². The SMILES string of the molecule is Cc1nc2cc(Oc3cc(C#N)ccc3C)c(N)cc2s1. The van der Waals surface area contributed by atoms with E-state index in [0.717, 1.165) is 20.8 Å². The lowest BCUT2D eigenvalue weighted by Crippen LogP contribution is -1.94. The van der Waals surface area contributed by atoms with Gasteiger partial charge in [-0.1, -0.05) is 6.07 Å². The highest BCUT2D eigenvalue weighted by atomic mass is 32.1. The summed E-state index contributed by atoms with van der Waals surface area (Å²) in [5, 5.41) is 9.97. The first-order valence-electron chi connectivity index (χ1n) is 6.42. The second-order valence-electron chi connectivity index (χ2n) is 4.78. The summed E-state index contributed by atoms with van der Waals surface area (Å²) in [6.07, 6.45) is 0. The first-order chi connectivity index (χ1) is 10.1. The van der Waals surface area contributed by atoms with E-state index < -0.39 is 0 Å². The largest absolute Gasteiger partial charge is 0.455 e. The number of nitrogens with two attached hydrogens (primary N) is 1. The molecule has 0 aliphatic carbocycles. The van der Waals surface area contributed by atoms with Crippen molar-refractivity contribution in [3.63, 3.8) is 0 Å². The van der Waals surface area contributed by atoms with Crippen molar-refractivity contribution in [1.82, 2.24) is 4.98 Å². The van der Waals surface area contributed by atoms with Crippen LogP contribution in [0.2, 0.25) is 0 Å². The monoisotopic (exact) mass is 295 g/mol. The molecule has 0 fully saturated rings. The highest BCUT2D eigenvalue weighted by Gasteiger charge is 2.10. The van der Waals surface area contributed by atoms with E-state index in [4.69, 9.17) is 15.7 Å². The van der Waals surface area contributed by atoms with E-state index in [-0.39, 0.29) is 0 Å². The fraction of sp³-hybridized carbons (Fsp3) is 0.125. The van der Waals surface area contributed by atoms with Gasteiger partial charge in [-0.25, -0.2) is 4.98 Å². The Labute approximate surface area is 126 Å². The number of ether oxygens (including phenoxy) is 1. The van der Waals surface area contributed by atoms with Crippen LogP contribution in [0.3, 0.4) is 0 Å². The van der Waals surface area contributed by atoms with Gasteiger partial charge in [0.15, 0.2) is 5.75 Å². The Kier molecular flexibility index (Phi) is 3.24. The summed E-state index contributed by atoms with van der Waals surface area (Å²) >= 11 is 1.60. The first kappa shape index (κ1) is 13.4. The molecule has 0 aliphatic heterocycles. The van der Waals surface area contributed by atoms with Gasteiger partial charge in [0.05, 0.1) is 32.5 Å². The fourth-order valence-electron chi connectivity index (χ4n) is 2.07. The van der Waals surface area contributed by atoms with Gasteiger partial charge in [0.1, 0.15) is 5.75 Å². The van der Waals surface area contributed by atoms with Crippen molar-refractivity contribution >= 4 is 27.2 Å². The van der Waals surface area contributed by atoms with Gasteiger partial charge in [0.2, 0.25) is 0 Å². The molecule has 0 aliphatic rings.